The summed E-state index contributed by atoms with van der Waals surface area (Å²) < 4.78 is 44.7. The maximum absolute atomic E-state index is 13.0. The van der Waals surface area contributed by atoms with Crippen LogP contribution in [0.3, 0.4) is 0 Å². The summed E-state index contributed by atoms with van der Waals surface area (Å²) in [6.07, 6.45) is -2.95. The molecule has 20 rings (SSSR count). The number of aromatic hydroxyl groups is 4. The van der Waals surface area contributed by atoms with Crippen LogP contribution in [-0.4, -0.2) is 243 Å². The molecule has 0 bridgehead atoms. The molecule has 0 radical (unpaired) electrons. The minimum Gasteiger partial charge on any atom is -0.504 e. The second-order valence-electron chi connectivity index (χ2n) is 33.4. The minimum atomic E-state index is -1.06. The number of likely N-dealkylation sites (tertiary alicyclic amines) is 1. The average Bonchev–Trinajstić information content (AvgIpc) is 1.09. The molecule has 0 spiro atoms. The summed E-state index contributed by atoms with van der Waals surface area (Å²) in [5, 5.41) is 157. The molecule has 6 aromatic carbocycles. The van der Waals surface area contributed by atoms with Gasteiger partial charge in [0.25, 0.3) is 23.6 Å². The van der Waals surface area contributed by atoms with Gasteiger partial charge in [0.1, 0.15) is 5.69 Å². The van der Waals surface area contributed by atoms with Crippen molar-refractivity contribution in [2.45, 2.75) is 188 Å². The van der Waals surface area contributed by atoms with Crippen LogP contribution in [0.5, 0.6) is 69.0 Å². The number of aromatic nitrogens is 3. The fraction of sp³-hybridized carbons (Fsp3) is 0.500. The van der Waals surface area contributed by atoms with Gasteiger partial charge in [0.15, 0.2) is 46.0 Å². The maximum atomic E-state index is 13.0. The Morgan fingerprint density at radius 2 is 0.814 bits per heavy atom. The molecule has 9 aliphatic heterocycles. The first kappa shape index (κ1) is 79.9. The zero-order valence-electron chi connectivity index (χ0n) is 65.4. The quantitative estimate of drug-likeness (QED) is 0.0988. The molecule has 24 atom stereocenters. The van der Waals surface area contributed by atoms with E-state index < -0.39 is 109 Å². The number of fused-ring (bicyclic) bond motifs is 16. The second-order valence-corrected chi connectivity index (χ2v) is 33.4. The van der Waals surface area contributed by atoms with Crippen LogP contribution in [-0.2, 0) is 6.54 Å². The molecule has 10 heterocycles. The Balaban J connectivity index is 0.000000113. The molecule has 34 heteroatoms. The first-order valence-corrected chi connectivity index (χ1v) is 40.2. The number of nitrogens with one attached hydrogen (secondary N) is 6. The lowest BCUT2D eigenvalue weighted by Crippen LogP contribution is -2.67. The molecule has 118 heavy (non-hydrogen) atoms. The van der Waals surface area contributed by atoms with E-state index in [-0.39, 0.29) is 155 Å². The number of ether oxygens (including phenoxy) is 8. The van der Waals surface area contributed by atoms with Gasteiger partial charge < -0.3 is 131 Å². The van der Waals surface area contributed by atoms with Crippen LogP contribution in [0, 0.1) is 29.6 Å². The lowest BCUT2D eigenvalue weighted by Gasteiger charge is -2.53. The molecular formula is C84H98N10O24. The number of phenols is 4. The van der Waals surface area contributed by atoms with E-state index in [1.165, 1.54) is 0 Å². The third kappa shape index (κ3) is 13.5. The highest BCUT2D eigenvalue weighted by Gasteiger charge is 2.59. The number of benzene rings is 6. The molecule has 4 amide bonds. The van der Waals surface area contributed by atoms with E-state index in [9.17, 15) is 80.5 Å². The van der Waals surface area contributed by atoms with Crippen molar-refractivity contribution in [3.8, 4) is 80.3 Å². The Bertz CT molecular complexity index is 5010. The highest BCUT2D eigenvalue weighted by molar-refractivity contribution is 6.04. The van der Waals surface area contributed by atoms with Crippen molar-refractivity contribution in [1.29, 1.82) is 0 Å². The van der Waals surface area contributed by atoms with Crippen molar-refractivity contribution in [2.24, 2.45) is 29.6 Å². The zero-order valence-corrected chi connectivity index (χ0v) is 65.4. The highest BCUT2D eigenvalue weighted by Crippen LogP contribution is 2.57. The van der Waals surface area contributed by atoms with E-state index in [4.69, 9.17) is 37.9 Å². The molecule has 4 saturated carbocycles. The van der Waals surface area contributed by atoms with E-state index in [1.807, 2.05) is 74.5 Å². The van der Waals surface area contributed by atoms with E-state index in [0.29, 0.717) is 70.0 Å². The van der Waals surface area contributed by atoms with E-state index in [0.717, 1.165) is 43.5 Å². The monoisotopic (exact) mass is 1630 g/mol. The van der Waals surface area contributed by atoms with Crippen LogP contribution in [0.1, 0.15) is 160 Å². The van der Waals surface area contributed by atoms with E-state index in [2.05, 4.69) is 61.0 Å². The van der Waals surface area contributed by atoms with Gasteiger partial charge >= 0.3 is 0 Å². The van der Waals surface area contributed by atoms with Crippen LogP contribution in [0.15, 0.2) is 91.1 Å². The van der Waals surface area contributed by atoms with Crippen molar-refractivity contribution in [1.82, 2.24) is 51.8 Å². The van der Waals surface area contributed by atoms with Crippen LogP contribution in [0.25, 0.3) is 11.3 Å². The summed E-state index contributed by atoms with van der Waals surface area (Å²) >= 11 is 0. The summed E-state index contributed by atoms with van der Waals surface area (Å²) in [4.78, 5) is 53.6. The van der Waals surface area contributed by atoms with Gasteiger partial charge in [-0.3, -0.25) is 24.1 Å². The molecule has 628 valence electrons. The average molecular weight is 1630 g/mol. The second kappa shape index (κ2) is 31.7. The lowest BCUT2D eigenvalue weighted by molar-refractivity contribution is -0.111. The largest absolute Gasteiger partial charge is 0.504 e. The van der Waals surface area contributed by atoms with Gasteiger partial charge in [-0.15, -0.1) is 5.10 Å². The SMILES string of the molecule is CC(C)CN[C@H]1[C@H](O)[C@@H](O)[C@@H](C)[C@@H]2NC(=O)c3c(cc4c(c3O)OCO4)[C@H]21.C[C@@H]1[C@H](O)[C@@H](O)[C@H](N2CCCCC2)[C@@H]2c3cc4c(c(O)c3C(=O)N[C@@H]12)OCO4.C[C@@H]1[C@H](O)[C@@H](O)[C@H](NCc2ccccc2)[C@@H]2c3cc4c(c(O)c3C(=O)N[C@@H]12)OCO4.C[C@H]1[C@@H](O)[C@@H]2NC(=O)c3c(cc4c(c3O)OCO4)[C@H]2[C@@H](n2cc(-c3ccccc3)nn2)[C@@H]1O. The first-order chi connectivity index (χ1) is 56.7. The third-order valence-electron chi connectivity index (χ3n) is 26.4. The standard InChI is InChI=1S/C23H22N4O6.C22H24N2O6.C20H26N2O6.C19H26N2O6/c1-10-19(28)17-15(12-7-14-22(33-9-32-14)21(30)16(12)23(31)24-17)18(20(10)29)27-8-13(25-26-27)11-5-3-2-4-6-11;1-10-16-14(17(20(27)18(10)25)23-8-11-5-3-2-4-6-11)12-7-13-21(30-9-29-13)19(26)15(12)22(28)24-16;1-9-14-12(15(18(25)16(9)23)22-5-3-2-4-6-22)10-7-11-19(28-8-27-11)17(24)13(10)20(26)21-14;1-7(2)5-20-14-11-9-4-10-18(27-6-26-10)16(23)12(9)19(25)21-13(11)8(3)15(22)17(14)24/h2-8,10,15,17-20,28-30H,9H2,1H3,(H,24,31);2-7,10,14,16-18,20,23,25-27H,8-9H2,1H3,(H,24,28);7,9,12,14-16,18,23-25H,2-6,8H2,1H3,(H,21,26);4,7-8,11,13-15,17,20,22-24H,5-6H2,1-3H3,(H,21,25)/t10-,15+,17+,18+,19+,20+;10-,14+,16-,17+,18-,20-;9-,12+,14-,15+,16-,18-;8-,11+,13-,14+,15-,17-/m0000/s1. The normalized spacial score (nSPS) is 33.0. The van der Waals surface area contributed by atoms with Crippen molar-refractivity contribution in [3.05, 3.63) is 141 Å². The topological polar surface area (TPSA) is 491 Å². The lowest BCUT2D eigenvalue weighted by atomic mass is 9.65. The number of nitrogens with zero attached hydrogens (tertiary/aromatic N) is 4. The van der Waals surface area contributed by atoms with Gasteiger partial charge in [-0.2, -0.15) is 0 Å². The first-order valence-electron chi connectivity index (χ1n) is 40.2. The predicted octanol–water partition coefficient (Wildman–Crippen LogP) is 2.88. The summed E-state index contributed by atoms with van der Waals surface area (Å²) in [5.74, 6) is -3.56. The van der Waals surface area contributed by atoms with Crippen molar-refractivity contribution in [2.75, 3.05) is 46.8 Å². The van der Waals surface area contributed by atoms with Crippen LogP contribution >= 0.6 is 0 Å². The van der Waals surface area contributed by atoms with Crippen LogP contribution < -0.4 is 69.8 Å². The van der Waals surface area contributed by atoms with Gasteiger partial charge in [-0.05, 0) is 90.5 Å². The molecule has 13 aliphatic rings. The van der Waals surface area contributed by atoms with Crippen molar-refractivity contribution >= 4 is 23.6 Å². The van der Waals surface area contributed by atoms with E-state index >= 15 is 0 Å². The molecule has 0 unspecified atom stereocenters. The Hall–Kier alpha value is -10.5. The number of rotatable bonds is 9. The number of amides is 4. The molecule has 34 nitrogen and oxygen atoms in total. The summed E-state index contributed by atoms with van der Waals surface area (Å²) in [6.45, 7) is 14.0. The molecule has 7 aromatic rings. The summed E-state index contributed by atoms with van der Waals surface area (Å²) in [6, 6.07) is 22.2. The Labute approximate surface area is 676 Å². The predicted molar refractivity (Wildman–Crippen MR) is 415 cm³/mol. The van der Waals surface area contributed by atoms with Crippen molar-refractivity contribution < 1.29 is 118 Å². The molecule has 1 saturated heterocycles. The summed E-state index contributed by atoms with van der Waals surface area (Å²) in [5.41, 5.74) is 5.33. The number of aliphatic hydroxyl groups excluding tert-OH is 8. The minimum absolute atomic E-state index is 0.00516. The van der Waals surface area contributed by atoms with Gasteiger partial charge in [0.2, 0.25) is 50.2 Å². The number of aliphatic hydroxyl groups is 8. The molecule has 4 aliphatic carbocycles. The van der Waals surface area contributed by atoms with E-state index in [1.54, 1.807) is 49.0 Å². The van der Waals surface area contributed by atoms with Crippen LogP contribution in [0.2, 0.25) is 0 Å². The Morgan fingerprint density at radius 1 is 0.432 bits per heavy atom. The Kier molecular flexibility index (Phi) is 21.4. The molecule has 5 fully saturated rings. The summed E-state index contributed by atoms with van der Waals surface area (Å²) in [7, 11) is 0. The van der Waals surface area contributed by atoms with Gasteiger partial charge in [-0.1, -0.05) is 114 Å². The number of hydrogen-bond acceptors (Lipinski definition) is 29. The molecule has 1 aromatic heterocycles. The number of carbonyl (C=O) groups excluding carboxylic acids is 4. The zero-order chi connectivity index (χ0) is 82.9. The number of phenolic OH excluding ortho intramolecular Hbond substituents is 4. The van der Waals surface area contributed by atoms with Crippen LogP contribution in [0.4, 0.5) is 0 Å². The highest BCUT2D eigenvalue weighted by atomic mass is 16.7. The number of piperidine rings is 1. The van der Waals surface area contributed by atoms with Gasteiger partial charge in [0, 0.05) is 95.7 Å². The van der Waals surface area contributed by atoms with Gasteiger partial charge in [0.05, 0.1) is 89.4 Å². The fourth-order valence-corrected chi connectivity index (χ4v) is 20.2. The number of hydrogen-bond donors (Lipinski definition) is 18. The number of carbonyl (C=O) groups is 4. The smallest absolute Gasteiger partial charge is 0.255 e. The third-order valence-corrected chi connectivity index (χ3v) is 26.4. The fourth-order valence-electron chi connectivity index (χ4n) is 20.2. The maximum Gasteiger partial charge on any atom is 0.255 e. The van der Waals surface area contributed by atoms with Gasteiger partial charge in [-0.25, -0.2) is 4.68 Å². The molecule has 18 N–H and O–H groups in total. The molecular weight excluding hydrogens is 1530 g/mol. The Morgan fingerprint density at radius 3 is 1.25 bits per heavy atom. The van der Waals surface area contributed by atoms with Crippen molar-refractivity contribution in [3.63, 3.8) is 0 Å².